The molecule has 1 fully saturated rings. The molecule has 1 amide bonds. The van der Waals surface area contributed by atoms with E-state index >= 15 is 0 Å². The van der Waals surface area contributed by atoms with Gasteiger partial charge in [0.2, 0.25) is 5.95 Å². The summed E-state index contributed by atoms with van der Waals surface area (Å²) in [6, 6.07) is 14.1. The highest BCUT2D eigenvalue weighted by Crippen LogP contribution is 2.38. The lowest BCUT2D eigenvalue weighted by Gasteiger charge is -2.34. The third-order valence-electron chi connectivity index (χ3n) is 7.27. The number of aliphatic hydroxyl groups is 1. The molecule has 5 rings (SSSR count). The lowest BCUT2D eigenvalue weighted by molar-refractivity contribution is 0.0595. The van der Waals surface area contributed by atoms with E-state index in [0.29, 0.717) is 30.3 Å². The lowest BCUT2D eigenvalue weighted by Crippen LogP contribution is -2.44. The van der Waals surface area contributed by atoms with E-state index in [1.165, 1.54) is 11.9 Å². The first-order valence-electron chi connectivity index (χ1n) is 13.0. The van der Waals surface area contributed by atoms with Crippen LogP contribution in [-0.2, 0) is 12.0 Å². The van der Waals surface area contributed by atoms with Gasteiger partial charge in [-0.15, -0.1) is 6.58 Å². The van der Waals surface area contributed by atoms with Crippen molar-refractivity contribution in [2.24, 2.45) is 0 Å². The van der Waals surface area contributed by atoms with Gasteiger partial charge in [0.1, 0.15) is 11.4 Å². The second kappa shape index (κ2) is 10.8. The van der Waals surface area contributed by atoms with E-state index in [0.717, 1.165) is 55.1 Å². The molecule has 1 aliphatic heterocycles. The smallest absolute Gasteiger partial charge is 0.256 e. The van der Waals surface area contributed by atoms with Crippen LogP contribution in [0.1, 0.15) is 34.8 Å². The van der Waals surface area contributed by atoms with Gasteiger partial charge in [-0.2, -0.15) is 4.98 Å². The molecule has 1 aliphatic carbocycles. The van der Waals surface area contributed by atoms with Crippen molar-refractivity contribution < 1.29 is 9.90 Å². The van der Waals surface area contributed by atoms with Crippen molar-refractivity contribution in [3.05, 3.63) is 78.0 Å². The molecule has 2 aliphatic rings. The Balaban J connectivity index is 1.37. The Labute approximate surface area is 223 Å². The highest BCUT2D eigenvalue weighted by atomic mass is 16.3. The second-order valence-corrected chi connectivity index (χ2v) is 10.2. The molecular weight excluding hydrogens is 478 g/mol. The number of nitrogens with zero attached hydrogens (tertiary/aromatic N) is 4. The number of aromatic nitrogens is 2. The number of piperazine rings is 1. The summed E-state index contributed by atoms with van der Waals surface area (Å²) in [6.07, 6.45) is 4.66. The molecule has 0 bridgehead atoms. The number of carbonyl (C=O) groups excluding carboxylic acids is 1. The van der Waals surface area contributed by atoms with Crippen molar-refractivity contribution in [2.75, 3.05) is 55.3 Å². The zero-order valence-electron chi connectivity index (χ0n) is 22.0. The van der Waals surface area contributed by atoms with Gasteiger partial charge < -0.3 is 30.9 Å². The fourth-order valence-electron chi connectivity index (χ4n) is 4.94. The van der Waals surface area contributed by atoms with Gasteiger partial charge in [0, 0.05) is 56.0 Å². The van der Waals surface area contributed by atoms with Gasteiger partial charge in [0.15, 0.2) is 0 Å². The molecule has 0 unspecified atom stereocenters. The maximum atomic E-state index is 12.8. The topological polar surface area (TPSA) is 106 Å². The first-order chi connectivity index (χ1) is 18.3. The van der Waals surface area contributed by atoms with Gasteiger partial charge in [0.05, 0.1) is 5.60 Å². The summed E-state index contributed by atoms with van der Waals surface area (Å²) in [5, 5.41) is 20.1. The van der Waals surface area contributed by atoms with E-state index in [-0.39, 0.29) is 5.91 Å². The number of likely N-dealkylation sites (N-methyl/N-ethyl adjacent to an activating group) is 1. The molecule has 198 valence electrons. The molecule has 0 saturated carbocycles. The maximum Gasteiger partial charge on any atom is 0.256 e. The van der Waals surface area contributed by atoms with Crippen LogP contribution in [0.3, 0.4) is 0 Å². The number of hydrogen-bond donors (Lipinski definition) is 4. The van der Waals surface area contributed by atoms with E-state index in [9.17, 15) is 9.90 Å². The number of amides is 1. The molecule has 38 heavy (non-hydrogen) atoms. The minimum absolute atomic E-state index is 0.302. The van der Waals surface area contributed by atoms with Crippen molar-refractivity contribution in [1.29, 1.82) is 0 Å². The van der Waals surface area contributed by atoms with Gasteiger partial charge in [-0.1, -0.05) is 12.1 Å². The lowest BCUT2D eigenvalue weighted by atomic mass is 9.98. The number of hydrogen-bond acceptors (Lipinski definition) is 8. The number of fused-ring (bicyclic) bond motifs is 1. The highest BCUT2D eigenvalue weighted by molar-refractivity contribution is 5.99. The van der Waals surface area contributed by atoms with Crippen LogP contribution >= 0.6 is 0 Å². The molecular formula is C29H35N7O2. The third-order valence-corrected chi connectivity index (χ3v) is 7.27. The van der Waals surface area contributed by atoms with E-state index < -0.39 is 5.60 Å². The van der Waals surface area contributed by atoms with Crippen molar-refractivity contribution in [3.8, 4) is 0 Å². The number of carbonyl (C=O) groups is 1. The molecule has 9 heteroatoms. The average molecular weight is 514 g/mol. The first-order valence-corrected chi connectivity index (χ1v) is 13.0. The minimum atomic E-state index is -0.869. The number of anilines is 5. The predicted molar refractivity (Wildman–Crippen MR) is 152 cm³/mol. The normalized spacial score (nSPS) is 19.1. The predicted octanol–water partition coefficient (Wildman–Crippen LogP) is 3.79. The van der Waals surface area contributed by atoms with Gasteiger partial charge in [-0.25, -0.2) is 4.98 Å². The molecule has 1 aromatic heterocycles. The van der Waals surface area contributed by atoms with Crippen LogP contribution in [0.2, 0.25) is 0 Å². The first kappa shape index (κ1) is 25.7. The number of rotatable bonds is 8. The molecule has 0 radical (unpaired) electrons. The van der Waals surface area contributed by atoms with Crippen LogP contribution in [0.4, 0.5) is 28.8 Å². The Kier molecular flexibility index (Phi) is 7.31. The molecule has 9 nitrogen and oxygen atoms in total. The van der Waals surface area contributed by atoms with Crippen LogP contribution in [0.5, 0.6) is 0 Å². The minimum Gasteiger partial charge on any atom is -0.385 e. The molecule has 2 heterocycles. The standard InChI is InChI=1S/C29H35N7O2/c1-4-13-30-27(37)24-19-31-28(33-21-7-9-23(10-8-21)36-16-14-35(3)15-17-36)34-26(24)32-22-6-5-20-11-12-29(2,38)25(20)18-22/h4-10,18-19,38H,1,11-17H2,2-3H3,(H,30,37)(H2,31,32,33,34)/t29-/m0/s1. The molecule has 3 aromatic rings. The Hall–Kier alpha value is -3.95. The second-order valence-electron chi connectivity index (χ2n) is 10.2. The fourth-order valence-corrected chi connectivity index (χ4v) is 4.94. The van der Waals surface area contributed by atoms with Crippen LogP contribution < -0.4 is 20.9 Å². The van der Waals surface area contributed by atoms with Crippen LogP contribution in [-0.4, -0.2) is 65.7 Å². The highest BCUT2D eigenvalue weighted by Gasteiger charge is 2.32. The molecule has 1 atom stereocenters. The summed E-state index contributed by atoms with van der Waals surface area (Å²) in [5.41, 5.74) is 4.26. The van der Waals surface area contributed by atoms with Crippen LogP contribution in [0, 0.1) is 0 Å². The fraction of sp³-hybridized carbons (Fsp3) is 0.345. The van der Waals surface area contributed by atoms with Crippen molar-refractivity contribution in [3.63, 3.8) is 0 Å². The number of aryl methyl sites for hydroxylation is 1. The average Bonchev–Trinajstić information content (AvgIpc) is 3.22. The van der Waals surface area contributed by atoms with E-state index in [1.807, 2.05) is 37.3 Å². The van der Waals surface area contributed by atoms with Crippen molar-refractivity contribution in [2.45, 2.75) is 25.4 Å². The summed E-state index contributed by atoms with van der Waals surface area (Å²) in [6.45, 7) is 9.95. The largest absolute Gasteiger partial charge is 0.385 e. The zero-order valence-corrected chi connectivity index (χ0v) is 22.0. The molecule has 2 aromatic carbocycles. The summed E-state index contributed by atoms with van der Waals surface area (Å²) in [4.78, 5) is 26.6. The van der Waals surface area contributed by atoms with Crippen LogP contribution in [0.25, 0.3) is 0 Å². The Morgan fingerprint density at radius 1 is 1.11 bits per heavy atom. The molecule has 0 spiro atoms. The Bertz CT molecular complexity index is 1320. The third kappa shape index (κ3) is 5.64. The van der Waals surface area contributed by atoms with Gasteiger partial charge in [-0.3, -0.25) is 4.79 Å². The van der Waals surface area contributed by atoms with E-state index in [1.54, 1.807) is 6.08 Å². The van der Waals surface area contributed by atoms with Gasteiger partial charge in [0.25, 0.3) is 5.91 Å². The SMILES string of the molecule is C=CCNC(=O)c1cnc(Nc2ccc(N3CCN(C)CC3)cc2)nc1Nc1ccc2c(c1)[C@@](C)(O)CC2. The van der Waals surface area contributed by atoms with E-state index in [2.05, 4.69) is 61.5 Å². The summed E-state index contributed by atoms with van der Waals surface area (Å²) in [7, 11) is 2.15. The maximum absolute atomic E-state index is 12.8. The summed E-state index contributed by atoms with van der Waals surface area (Å²) >= 11 is 0. The number of benzene rings is 2. The van der Waals surface area contributed by atoms with Gasteiger partial charge >= 0.3 is 0 Å². The monoisotopic (exact) mass is 513 g/mol. The number of nitrogens with one attached hydrogen (secondary N) is 3. The molecule has 1 saturated heterocycles. The summed E-state index contributed by atoms with van der Waals surface area (Å²) in [5.74, 6) is 0.438. The van der Waals surface area contributed by atoms with Crippen molar-refractivity contribution in [1.82, 2.24) is 20.2 Å². The zero-order chi connectivity index (χ0) is 26.7. The van der Waals surface area contributed by atoms with E-state index in [4.69, 9.17) is 0 Å². The molecule has 4 N–H and O–H groups in total. The van der Waals surface area contributed by atoms with Crippen molar-refractivity contribution >= 4 is 34.7 Å². The van der Waals surface area contributed by atoms with Crippen LogP contribution in [0.15, 0.2) is 61.3 Å². The summed E-state index contributed by atoms with van der Waals surface area (Å²) < 4.78 is 0. The quantitative estimate of drug-likeness (QED) is 0.337. The Morgan fingerprint density at radius 2 is 1.84 bits per heavy atom. The Morgan fingerprint density at radius 3 is 2.58 bits per heavy atom. The van der Waals surface area contributed by atoms with Gasteiger partial charge in [-0.05, 0) is 74.3 Å².